The molecule has 8 heteroatoms. The zero-order valence-electron chi connectivity index (χ0n) is 20.9. The van der Waals surface area contributed by atoms with Gasteiger partial charge in [0.1, 0.15) is 0 Å². The van der Waals surface area contributed by atoms with E-state index >= 15 is 0 Å². The summed E-state index contributed by atoms with van der Waals surface area (Å²) in [6.45, 7) is 9.37. The van der Waals surface area contributed by atoms with Gasteiger partial charge in [-0.3, -0.25) is 14.6 Å². The molecule has 0 aliphatic carbocycles. The standard InChI is InChI=1S/C27H38N4O3S/c1-22-10-12-29(13-11-22)21-25-5-3-4-24(18-25)19-28-27(32)26-8-6-23(7-9-26)20-30-14-16-31(17-15-30)35(2,33)34/h3-9,18,22H,10-17,19-21H2,1-2H3,(H,28,32). The highest BCUT2D eigenvalue weighted by Gasteiger charge is 2.23. The van der Waals surface area contributed by atoms with Crippen LogP contribution < -0.4 is 5.32 Å². The highest BCUT2D eigenvalue weighted by molar-refractivity contribution is 7.88. The average molecular weight is 499 g/mol. The maximum atomic E-state index is 12.7. The number of piperazine rings is 1. The summed E-state index contributed by atoms with van der Waals surface area (Å²) in [5.74, 6) is 0.758. The summed E-state index contributed by atoms with van der Waals surface area (Å²) in [5.41, 5.74) is 4.18. The Morgan fingerprint density at radius 2 is 1.46 bits per heavy atom. The van der Waals surface area contributed by atoms with Crippen LogP contribution in [-0.2, 0) is 29.7 Å². The van der Waals surface area contributed by atoms with E-state index in [1.165, 1.54) is 29.0 Å². The fourth-order valence-corrected chi connectivity index (χ4v) is 5.67. The minimum absolute atomic E-state index is 0.0752. The number of amides is 1. The Hall–Kier alpha value is -2.26. The second-order valence-electron chi connectivity index (χ2n) is 10.1. The third-order valence-corrected chi connectivity index (χ3v) is 8.45. The Morgan fingerprint density at radius 3 is 2.11 bits per heavy atom. The molecule has 1 N–H and O–H groups in total. The first-order chi connectivity index (χ1) is 16.8. The van der Waals surface area contributed by atoms with Gasteiger partial charge in [0.2, 0.25) is 10.0 Å². The van der Waals surface area contributed by atoms with E-state index in [0.717, 1.165) is 43.2 Å². The summed E-state index contributed by atoms with van der Waals surface area (Å²) in [4.78, 5) is 17.5. The van der Waals surface area contributed by atoms with E-state index in [4.69, 9.17) is 0 Å². The van der Waals surface area contributed by atoms with Crippen molar-refractivity contribution in [3.05, 3.63) is 70.8 Å². The van der Waals surface area contributed by atoms with Crippen molar-refractivity contribution in [1.82, 2.24) is 19.4 Å². The number of rotatable bonds is 8. The van der Waals surface area contributed by atoms with Gasteiger partial charge in [0, 0.05) is 51.4 Å². The lowest BCUT2D eigenvalue weighted by atomic mass is 9.98. The molecule has 0 radical (unpaired) electrons. The van der Waals surface area contributed by atoms with Crippen LogP contribution in [0.4, 0.5) is 0 Å². The van der Waals surface area contributed by atoms with Gasteiger partial charge in [-0.1, -0.05) is 43.3 Å². The number of piperidine rings is 1. The van der Waals surface area contributed by atoms with Crippen LogP contribution in [0.25, 0.3) is 0 Å². The summed E-state index contributed by atoms with van der Waals surface area (Å²) in [7, 11) is -3.11. The number of nitrogens with zero attached hydrogens (tertiary/aromatic N) is 3. The second-order valence-corrected chi connectivity index (χ2v) is 12.1. The van der Waals surface area contributed by atoms with Gasteiger partial charge in [0.05, 0.1) is 6.26 Å². The fraction of sp³-hybridized carbons (Fsp3) is 0.519. The lowest BCUT2D eigenvalue weighted by molar-refractivity contribution is 0.0951. The monoisotopic (exact) mass is 498 g/mol. The fourth-order valence-electron chi connectivity index (χ4n) is 4.84. The Morgan fingerprint density at radius 1 is 0.857 bits per heavy atom. The Bertz CT molecular complexity index is 1090. The largest absolute Gasteiger partial charge is 0.348 e. The molecule has 2 aliphatic rings. The van der Waals surface area contributed by atoms with Crippen molar-refractivity contribution < 1.29 is 13.2 Å². The Labute approximate surface area is 210 Å². The molecule has 0 bridgehead atoms. The summed E-state index contributed by atoms with van der Waals surface area (Å²) in [6.07, 6.45) is 3.81. The van der Waals surface area contributed by atoms with E-state index in [0.29, 0.717) is 38.3 Å². The smallest absolute Gasteiger partial charge is 0.251 e. The van der Waals surface area contributed by atoms with Crippen molar-refractivity contribution in [1.29, 1.82) is 0 Å². The average Bonchev–Trinajstić information content (AvgIpc) is 2.84. The molecular formula is C27H38N4O3S. The third kappa shape index (κ3) is 7.61. The molecule has 0 spiro atoms. The van der Waals surface area contributed by atoms with Crippen LogP contribution in [0.1, 0.15) is 46.8 Å². The van der Waals surface area contributed by atoms with Gasteiger partial charge in [-0.2, -0.15) is 4.31 Å². The van der Waals surface area contributed by atoms with E-state index in [1.807, 2.05) is 24.3 Å². The number of nitrogens with one attached hydrogen (secondary N) is 1. The maximum absolute atomic E-state index is 12.7. The second kappa shape index (κ2) is 11.6. The van der Waals surface area contributed by atoms with E-state index in [9.17, 15) is 13.2 Å². The van der Waals surface area contributed by atoms with E-state index < -0.39 is 10.0 Å². The Kier molecular flexibility index (Phi) is 8.59. The van der Waals surface area contributed by atoms with Crippen molar-refractivity contribution >= 4 is 15.9 Å². The number of hydrogen-bond donors (Lipinski definition) is 1. The summed E-state index contributed by atoms with van der Waals surface area (Å²) < 4.78 is 24.9. The molecular weight excluding hydrogens is 460 g/mol. The lowest BCUT2D eigenvalue weighted by Crippen LogP contribution is -2.47. The molecule has 0 aromatic heterocycles. The van der Waals surface area contributed by atoms with Crippen LogP contribution in [-0.4, -0.2) is 74.0 Å². The van der Waals surface area contributed by atoms with Gasteiger partial charge in [0.15, 0.2) is 0 Å². The van der Waals surface area contributed by atoms with Gasteiger partial charge >= 0.3 is 0 Å². The van der Waals surface area contributed by atoms with E-state index in [-0.39, 0.29) is 5.91 Å². The maximum Gasteiger partial charge on any atom is 0.251 e. The van der Waals surface area contributed by atoms with Crippen molar-refractivity contribution in [2.24, 2.45) is 5.92 Å². The number of carbonyl (C=O) groups is 1. The molecule has 4 rings (SSSR count). The summed E-state index contributed by atoms with van der Waals surface area (Å²) in [6, 6.07) is 16.2. The van der Waals surface area contributed by atoms with Gasteiger partial charge < -0.3 is 5.32 Å². The lowest BCUT2D eigenvalue weighted by Gasteiger charge is -2.33. The highest BCUT2D eigenvalue weighted by Crippen LogP contribution is 2.19. The quantitative estimate of drug-likeness (QED) is 0.606. The summed E-state index contributed by atoms with van der Waals surface area (Å²) >= 11 is 0. The van der Waals surface area contributed by atoms with E-state index in [1.54, 1.807) is 0 Å². The predicted octanol–water partition coefficient (Wildman–Crippen LogP) is 2.93. The summed E-state index contributed by atoms with van der Waals surface area (Å²) in [5, 5.41) is 3.05. The minimum atomic E-state index is -3.11. The number of hydrogen-bond acceptors (Lipinski definition) is 5. The molecule has 2 saturated heterocycles. The van der Waals surface area contributed by atoms with Crippen LogP contribution in [0, 0.1) is 5.92 Å². The van der Waals surface area contributed by atoms with Crippen LogP contribution >= 0.6 is 0 Å². The minimum Gasteiger partial charge on any atom is -0.348 e. The predicted molar refractivity (Wildman–Crippen MR) is 139 cm³/mol. The first-order valence-electron chi connectivity index (χ1n) is 12.6. The van der Waals surface area contributed by atoms with Crippen molar-refractivity contribution in [3.8, 4) is 0 Å². The molecule has 0 atom stereocenters. The Balaban J connectivity index is 1.24. The van der Waals surface area contributed by atoms with Gasteiger partial charge in [-0.25, -0.2) is 8.42 Å². The number of carbonyl (C=O) groups excluding carboxylic acids is 1. The van der Waals surface area contributed by atoms with Gasteiger partial charge in [-0.15, -0.1) is 0 Å². The molecule has 0 unspecified atom stereocenters. The molecule has 2 fully saturated rings. The first-order valence-corrected chi connectivity index (χ1v) is 14.5. The molecule has 2 aromatic rings. The normalized spacial score (nSPS) is 19.0. The van der Waals surface area contributed by atoms with Crippen LogP contribution in [0.15, 0.2) is 48.5 Å². The van der Waals surface area contributed by atoms with Crippen LogP contribution in [0.2, 0.25) is 0 Å². The number of likely N-dealkylation sites (tertiary alicyclic amines) is 1. The molecule has 2 aliphatic heterocycles. The molecule has 2 heterocycles. The van der Waals surface area contributed by atoms with Crippen molar-refractivity contribution in [3.63, 3.8) is 0 Å². The molecule has 2 aromatic carbocycles. The topological polar surface area (TPSA) is 73.0 Å². The van der Waals surface area contributed by atoms with Gasteiger partial charge in [0.25, 0.3) is 5.91 Å². The highest BCUT2D eigenvalue weighted by atomic mass is 32.2. The number of sulfonamides is 1. The van der Waals surface area contributed by atoms with E-state index in [2.05, 4.69) is 46.3 Å². The molecule has 35 heavy (non-hydrogen) atoms. The zero-order valence-corrected chi connectivity index (χ0v) is 21.8. The van der Waals surface area contributed by atoms with Gasteiger partial charge in [-0.05, 0) is 60.7 Å². The molecule has 190 valence electrons. The van der Waals surface area contributed by atoms with Crippen molar-refractivity contribution in [2.75, 3.05) is 45.5 Å². The zero-order chi connectivity index (χ0) is 24.8. The molecule has 7 nitrogen and oxygen atoms in total. The first kappa shape index (κ1) is 25.8. The SMILES string of the molecule is CC1CCN(Cc2cccc(CNC(=O)c3ccc(CN4CCN(S(C)(=O)=O)CC4)cc3)c2)CC1. The van der Waals surface area contributed by atoms with Crippen molar-refractivity contribution in [2.45, 2.75) is 39.4 Å². The molecule has 1 amide bonds. The van der Waals surface area contributed by atoms with Crippen LogP contribution in [0.5, 0.6) is 0 Å². The number of benzene rings is 2. The third-order valence-electron chi connectivity index (χ3n) is 7.15. The molecule has 0 saturated carbocycles. The van der Waals surface area contributed by atoms with Crippen LogP contribution in [0.3, 0.4) is 0 Å².